The summed E-state index contributed by atoms with van der Waals surface area (Å²) in [7, 11) is 1.65. The summed E-state index contributed by atoms with van der Waals surface area (Å²) >= 11 is 12.4. The van der Waals surface area contributed by atoms with Crippen LogP contribution in [0.15, 0.2) is 71.7 Å². The lowest BCUT2D eigenvalue weighted by atomic mass is 9.93. The summed E-state index contributed by atoms with van der Waals surface area (Å²) < 4.78 is 52.1. The Morgan fingerprint density at radius 1 is 0.932 bits per heavy atom. The van der Waals surface area contributed by atoms with Crippen LogP contribution in [0, 0.1) is 0 Å². The number of amides is 2. The Morgan fingerprint density at radius 2 is 1.55 bits per heavy atom. The van der Waals surface area contributed by atoms with Crippen LogP contribution in [0.2, 0.25) is 10.0 Å². The Balaban J connectivity index is 1.63. The Hall–Kier alpha value is -3.31. The topological polar surface area (TPSA) is 57.6 Å². The molecule has 234 valence electrons. The van der Waals surface area contributed by atoms with E-state index in [0.717, 1.165) is 29.8 Å². The molecule has 2 unspecified atom stereocenters. The first kappa shape index (κ1) is 32.1. The van der Waals surface area contributed by atoms with Gasteiger partial charge >= 0.3 is 12.2 Å². The summed E-state index contributed by atoms with van der Waals surface area (Å²) in [6.45, 7) is 5.42. The van der Waals surface area contributed by atoms with E-state index in [9.17, 15) is 18.0 Å². The molecule has 7 nitrogen and oxygen atoms in total. The molecule has 12 heteroatoms. The minimum atomic E-state index is -4.57. The van der Waals surface area contributed by atoms with Crippen molar-refractivity contribution in [2.24, 2.45) is 4.99 Å². The molecule has 3 aromatic rings. The van der Waals surface area contributed by atoms with Crippen molar-refractivity contribution in [1.82, 2.24) is 14.7 Å². The first-order valence-electron chi connectivity index (χ1n) is 14.3. The van der Waals surface area contributed by atoms with Gasteiger partial charge in [0.25, 0.3) is 0 Å². The molecule has 2 amide bonds. The highest BCUT2D eigenvalue weighted by atomic mass is 35.5. The maximum absolute atomic E-state index is 14.5. The predicted octanol–water partition coefficient (Wildman–Crippen LogP) is 7.34. The van der Waals surface area contributed by atoms with Crippen molar-refractivity contribution in [3.63, 3.8) is 0 Å². The number of piperazine rings is 1. The molecule has 2 atom stereocenters. The molecular formula is C32H33Cl2F3N4O3. The maximum atomic E-state index is 14.5. The highest BCUT2D eigenvalue weighted by Crippen LogP contribution is 2.46. The number of rotatable bonds is 8. The van der Waals surface area contributed by atoms with Gasteiger partial charge in [0.2, 0.25) is 0 Å². The molecule has 0 radical (unpaired) electrons. The van der Waals surface area contributed by atoms with Crippen LogP contribution in [0.4, 0.5) is 18.0 Å². The number of carbonyl (C=O) groups excluding carboxylic acids is 1. The monoisotopic (exact) mass is 648 g/mol. The highest BCUT2D eigenvalue weighted by Gasteiger charge is 2.45. The number of hydrogen-bond donors (Lipinski definition) is 0. The summed E-state index contributed by atoms with van der Waals surface area (Å²) in [5.41, 5.74) is 1.00. The minimum Gasteiger partial charge on any atom is -0.493 e. The molecule has 2 aliphatic heterocycles. The van der Waals surface area contributed by atoms with Crippen molar-refractivity contribution >= 4 is 35.1 Å². The van der Waals surface area contributed by atoms with E-state index in [0.29, 0.717) is 48.4 Å². The van der Waals surface area contributed by atoms with E-state index >= 15 is 0 Å². The van der Waals surface area contributed by atoms with Gasteiger partial charge in [-0.15, -0.1) is 0 Å². The lowest BCUT2D eigenvalue weighted by Gasteiger charge is -2.39. The Morgan fingerprint density at radius 3 is 2.11 bits per heavy atom. The third-order valence-electron chi connectivity index (χ3n) is 7.80. The smallest absolute Gasteiger partial charge is 0.416 e. The summed E-state index contributed by atoms with van der Waals surface area (Å²) in [5, 5.41) is 1.07. The molecule has 0 aliphatic carbocycles. The number of aliphatic imine (C=N–C) groups is 1. The second kappa shape index (κ2) is 13.8. The number of methoxy groups -OCH3 is 1. The number of nitrogens with zero attached hydrogens (tertiary/aromatic N) is 4. The highest BCUT2D eigenvalue weighted by molar-refractivity contribution is 6.30. The lowest BCUT2D eigenvalue weighted by molar-refractivity contribution is -0.137. The zero-order valence-corrected chi connectivity index (χ0v) is 25.9. The van der Waals surface area contributed by atoms with Crippen molar-refractivity contribution in [3.05, 3.63) is 99.0 Å². The van der Waals surface area contributed by atoms with E-state index in [1.54, 1.807) is 48.1 Å². The number of hydrogen-bond acceptors (Lipinski definition) is 5. The fourth-order valence-corrected chi connectivity index (χ4v) is 5.80. The zero-order chi connectivity index (χ0) is 31.4. The van der Waals surface area contributed by atoms with Crippen LogP contribution in [-0.2, 0) is 10.9 Å². The van der Waals surface area contributed by atoms with Gasteiger partial charge in [-0.2, -0.15) is 13.2 Å². The fourth-order valence-electron chi connectivity index (χ4n) is 5.55. The van der Waals surface area contributed by atoms with Gasteiger partial charge in [-0.3, -0.25) is 14.8 Å². The average molecular weight is 650 g/mol. The number of amidine groups is 1. The average Bonchev–Trinajstić information content (AvgIpc) is 3.40. The molecule has 0 aromatic heterocycles. The van der Waals surface area contributed by atoms with E-state index in [1.807, 2.05) is 24.3 Å². The predicted molar refractivity (Wildman–Crippen MR) is 165 cm³/mol. The molecule has 0 saturated carbocycles. The second-order valence-electron chi connectivity index (χ2n) is 10.6. The number of halogens is 5. The third-order valence-corrected chi connectivity index (χ3v) is 8.30. The molecule has 3 aromatic carbocycles. The molecule has 1 fully saturated rings. The number of alkyl halides is 3. The molecule has 0 spiro atoms. The van der Waals surface area contributed by atoms with Gasteiger partial charge < -0.3 is 14.4 Å². The van der Waals surface area contributed by atoms with Crippen molar-refractivity contribution in [3.8, 4) is 5.75 Å². The number of urea groups is 1. The molecular weight excluding hydrogens is 616 g/mol. The van der Waals surface area contributed by atoms with E-state index < -0.39 is 23.8 Å². The van der Waals surface area contributed by atoms with Gasteiger partial charge in [0.15, 0.2) is 0 Å². The number of ether oxygens (including phenoxy) is 2. The molecule has 2 aliphatic rings. The molecule has 5 rings (SSSR count). The summed E-state index contributed by atoms with van der Waals surface area (Å²) in [5.74, 6) is 0.226. The summed E-state index contributed by atoms with van der Waals surface area (Å²) in [6.07, 6.45) is -4.57. The largest absolute Gasteiger partial charge is 0.493 e. The van der Waals surface area contributed by atoms with Crippen molar-refractivity contribution in [2.45, 2.75) is 25.2 Å². The van der Waals surface area contributed by atoms with Crippen LogP contribution in [0.1, 0.15) is 41.3 Å². The summed E-state index contributed by atoms with van der Waals surface area (Å²) in [4.78, 5) is 25.2. The van der Waals surface area contributed by atoms with E-state index in [1.165, 1.54) is 6.07 Å². The van der Waals surface area contributed by atoms with Gasteiger partial charge in [0.1, 0.15) is 17.6 Å². The minimum absolute atomic E-state index is 0.00475. The molecule has 0 N–H and O–H groups in total. The first-order valence-corrected chi connectivity index (χ1v) is 15.1. The standard InChI is InChI=1S/C32H33Cl2F3N4O3/c1-3-44-27-20-23(32(35,36)37)8-13-26(27)30-38-28(21-4-9-24(33)10-5-21)29(22-6-11-25(34)12-7-22)41(30)31(42)40-16-14-39(15-17-40)18-19-43-2/h4-13,20,28-29H,3,14-19H2,1-2H3. The van der Waals surface area contributed by atoms with Crippen LogP contribution in [0.3, 0.4) is 0 Å². The SMILES string of the molecule is CCOc1cc(C(F)(F)F)ccc1C1=NC(c2ccc(Cl)cc2)C(c2ccc(Cl)cc2)N1C(=O)N1CCN(CCOC)CC1. The first-order chi connectivity index (χ1) is 21.1. The van der Waals surface area contributed by atoms with Crippen LogP contribution >= 0.6 is 23.2 Å². The van der Waals surface area contributed by atoms with Crippen molar-refractivity contribution < 1.29 is 27.4 Å². The van der Waals surface area contributed by atoms with Gasteiger partial charge in [-0.05, 0) is 60.5 Å². The molecule has 1 saturated heterocycles. The van der Waals surface area contributed by atoms with Crippen LogP contribution in [0.25, 0.3) is 0 Å². The maximum Gasteiger partial charge on any atom is 0.416 e. The van der Waals surface area contributed by atoms with Crippen molar-refractivity contribution in [2.75, 3.05) is 53.0 Å². The lowest BCUT2D eigenvalue weighted by Crippen LogP contribution is -2.54. The van der Waals surface area contributed by atoms with E-state index in [2.05, 4.69) is 4.90 Å². The normalized spacial score (nSPS) is 19.3. The summed E-state index contributed by atoms with van der Waals surface area (Å²) in [6, 6.07) is 16.1. The van der Waals surface area contributed by atoms with Crippen LogP contribution < -0.4 is 4.74 Å². The fraction of sp³-hybridized carbons (Fsp3) is 0.375. The van der Waals surface area contributed by atoms with Gasteiger partial charge in [0.05, 0.1) is 30.4 Å². The number of carbonyl (C=O) groups is 1. The Bertz CT molecular complexity index is 1480. The van der Waals surface area contributed by atoms with E-state index in [-0.39, 0.29) is 24.2 Å². The Kier molecular flexibility index (Phi) is 10.0. The number of benzene rings is 3. The van der Waals surface area contributed by atoms with Gasteiger partial charge in [-0.1, -0.05) is 47.5 Å². The molecule has 2 heterocycles. The second-order valence-corrected chi connectivity index (χ2v) is 11.4. The van der Waals surface area contributed by atoms with Crippen molar-refractivity contribution in [1.29, 1.82) is 0 Å². The third kappa shape index (κ3) is 6.99. The van der Waals surface area contributed by atoms with Crippen LogP contribution in [0.5, 0.6) is 5.75 Å². The molecule has 44 heavy (non-hydrogen) atoms. The Labute approximate surface area is 264 Å². The van der Waals surface area contributed by atoms with Gasteiger partial charge in [-0.25, -0.2) is 4.79 Å². The van der Waals surface area contributed by atoms with Crippen LogP contribution in [-0.4, -0.2) is 79.6 Å². The van der Waals surface area contributed by atoms with E-state index in [4.69, 9.17) is 37.7 Å². The molecule has 0 bridgehead atoms. The quantitative estimate of drug-likeness (QED) is 0.256. The van der Waals surface area contributed by atoms with Gasteiger partial charge in [0, 0.05) is 49.9 Å². The zero-order valence-electron chi connectivity index (χ0n) is 24.4.